The summed E-state index contributed by atoms with van der Waals surface area (Å²) in [5.41, 5.74) is 1.54. The lowest BCUT2D eigenvalue weighted by Crippen LogP contribution is -2.30. The maximum atomic E-state index is 12.4. The second-order valence-corrected chi connectivity index (χ2v) is 5.42. The highest BCUT2D eigenvalue weighted by atomic mass is 19.3. The number of amides is 2. The molecule has 0 unspecified atom stereocenters. The van der Waals surface area contributed by atoms with Gasteiger partial charge in [0, 0.05) is 6.54 Å². The van der Waals surface area contributed by atoms with E-state index < -0.39 is 18.7 Å². The van der Waals surface area contributed by atoms with Gasteiger partial charge in [-0.1, -0.05) is 42.5 Å². The number of benzene rings is 2. The average Bonchev–Trinajstić information content (AvgIpc) is 2.58. The summed E-state index contributed by atoms with van der Waals surface area (Å²) in [4.78, 5) is 12.0. The second kappa shape index (κ2) is 8.98. The first-order valence-electron chi connectivity index (χ1n) is 7.79. The van der Waals surface area contributed by atoms with E-state index in [0.717, 1.165) is 5.56 Å². The van der Waals surface area contributed by atoms with Gasteiger partial charge in [-0.2, -0.15) is 8.78 Å². The number of hydrogen-bond acceptors (Lipinski definition) is 3. The summed E-state index contributed by atoms with van der Waals surface area (Å²) in [6.07, 6.45) is -0.372. The normalized spacial score (nSPS) is 11.9. The van der Waals surface area contributed by atoms with Crippen molar-refractivity contribution in [3.05, 3.63) is 59.7 Å². The Morgan fingerprint density at radius 2 is 1.88 bits per heavy atom. The van der Waals surface area contributed by atoms with Crippen LogP contribution in [0.15, 0.2) is 48.5 Å². The van der Waals surface area contributed by atoms with Crippen LogP contribution >= 0.6 is 0 Å². The number of halogens is 2. The van der Waals surface area contributed by atoms with Crippen LogP contribution in [0.4, 0.5) is 19.3 Å². The number of rotatable bonds is 7. The molecule has 0 fully saturated rings. The number of urea groups is 1. The number of anilines is 1. The maximum Gasteiger partial charge on any atom is 0.387 e. The number of aliphatic hydroxyl groups is 1. The van der Waals surface area contributed by atoms with Gasteiger partial charge in [-0.25, -0.2) is 4.79 Å². The summed E-state index contributed by atoms with van der Waals surface area (Å²) < 4.78 is 29.3. The van der Waals surface area contributed by atoms with Crippen molar-refractivity contribution in [3.63, 3.8) is 0 Å². The molecule has 0 aromatic heterocycles. The zero-order valence-electron chi connectivity index (χ0n) is 13.7. The van der Waals surface area contributed by atoms with Gasteiger partial charge in [-0.3, -0.25) is 0 Å². The Balaban J connectivity index is 1.88. The van der Waals surface area contributed by atoms with E-state index in [9.17, 15) is 18.7 Å². The molecule has 25 heavy (non-hydrogen) atoms. The summed E-state index contributed by atoms with van der Waals surface area (Å²) in [5, 5.41) is 15.1. The van der Waals surface area contributed by atoms with Crippen molar-refractivity contribution in [3.8, 4) is 5.75 Å². The number of carbonyl (C=O) groups excluding carboxylic acids is 1. The first kappa shape index (κ1) is 18.7. The molecule has 7 heteroatoms. The SMILES string of the molecule is Cc1cccc(OC(F)F)c1NC(=O)NCC[C@H](O)c1ccccc1. The molecular formula is C18H20F2N2O3. The molecule has 2 aromatic carbocycles. The van der Waals surface area contributed by atoms with Crippen LogP contribution < -0.4 is 15.4 Å². The number of para-hydroxylation sites is 1. The minimum Gasteiger partial charge on any atom is -0.433 e. The predicted molar refractivity (Wildman–Crippen MR) is 90.9 cm³/mol. The molecule has 0 saturated carbocycles. The van der Waals surface area contributed by atoms with Crippen molar-refractivity contribution < 1.29 is 23.4 Å². The molecule has 0 spiro atoms. The third-order valence-electron chi connectivity index (χ3n) is 3.58. The van der Waals surface area contributed by atoms with Gasteiger partial charge in [0.15, 0.2) is 0 Å². The van der Waals surface area contributed by atoms with E-state index in [1.165, 1.54) is 6.07 Å². The quantitative estimate of drug-likeness (QED) is 0.710. The lowest BCUT2D eigenvalue weighted by Gasteiger charge is -2.15. The highest BCUT2D eigenvalue weighted by Gasteiger charge is 2.14. The summed E-state index contributed by atoms with van der Waals surface area (Å²) >= 11 is 0. The lowest BCUT2D eigenvalue weighted by atomic mass is 10.1. The van der Waals surface area contributed by atoms with Gasteiger partial charge in [-0.05, 0) is 30.5 Å². The van der Waals surface area contributed by atoms with Crippen LogP contribution in [0.1, 0.15) is 23.7 Å². The third kappa shape index (κ3) is 5.72. The second-order valence-electron chi connectivity index (χ2n) is 5.42. The number of aliphatic hydroxyl groups excluding tert-OH is 1. The maximum absolute atomic E-state index is 12.4. The zero-order valence-corrected chi connectivity index (χ0v) is 13.7. The first-order valence-corrected chi connectivity index (χ1v) is 7.79. The molecule has 3 N–H and O–H groups in total. The van der Waals surface area contributed by atoms with Crippen molar-refractivity contribution in [2.75, 3.05) is 11.9 Å². The highest BCUT2D eigenvalue weighted by molar-refractivity contribution is 5.91. The molecular weight excluding hydrogens is 330 g/mol. The number of ether oxygens (including phenoxy) is 1. The fourth-order valence-corrected chi connectivity index (χ4v) is 2.32. The third-order valence-corrected chi connectivity index (χ3v) is 3.58. The molecule has 0 radical (unpaired) electrons. The molecule has 0 aliphatic carbocycles. The molecule has 0 bridgehead atoms. The molecule has 0 aliphatic heterocycles. The number of hydrogen-bond donors (Lipinski definition) is 3. The van der Waals surface area contributed by atoms with Crippen LogP contribution in [-0.4, -0.2) is 24.3 Å². The van der Waals surface area contributed by atoms with E-state index in [4.69, 9.17) is 0 Å². The van der Waals surface area contributed by atoms with Gasteiger partial charge >= 0.3 is 12.6 Å². The van der Waals surface area contributed by atoms with Gasteiger partial charge in [0.05, 0.1) is 11.8 Å². The lowest BCUT2D eigenvalue weighted by molar-refractivity contribution is -0.0493. The van der Waals surface area contributed by atoms with Crippen molar-refractivity contribution in [1.82, 2.24) is 5.32 Å². The summed E-state index contributed by atoms with van der Waals surface area (Å²) in [5.74, 6) is -0.102. The smallest absolute Gasteiger partial charge is 0.387 e. The van der Waals surface area contributed by atoms with Crippen LogP contribution in [0.3, 0.4) is 0 Å². The molecule has 2 rings (SSSR count). The Kier molecular flexibility index (Phi) is 6.71. The summed E-state index contributed by atoms with van der Waals surface area (Å²) in [6, 6.07) is 13.1. The van der Waals surface area contributed by atoms with Gasteiger partial charge in [0.25, 0.3) is 0 Å². The van der Waals surface area contributed by atoms with Gasteiger partial charge in [0.1, 0.15) is 5.75 Å². The Morgan fingerprint density at radius 3 is 2.56 bits per heavy atom. The fourth-order valence-electron chi connectivity index (χ4n) is 2.32. The van der Waals surface area contributed by atoms with Gasteiger partial charge in [0.2, 0.25) is 0 Å². The standard InChI is InChI=1S/C18H20F2N2O3/c1-12-6-5-9-15(25-17(19)20)16(12)22-18(24)21-11-10-14(23)13-7-3-2-4-8-13/h2-9,14,17,23H,10-11H2,1H3,(H2,21,22,24)/t14-/m0/s1. The van der Waals surface area contributed by atoms with Crippen LogP contribution in [0.25, 0.3) is 0 Å². The number of aryl methyl sites for hydroxylation is 1. The van der Waals surface area contributed by atoms with Crippen LogP contribution in [0, 0.1) is 6.92 Å². The van der Waals surface area contributed by atoms with Crippen LogP contribution in [0.5, 0.6) is 5.75 Å². The van der Waals surface area contributed by atoms with E-state index >= 15 is 0 Å². The van der Waals surface area contributed by atoms with Crippen molar-refractivity contribution in [2.24, 2.45) is 0 Å². The minimum atomic E-state index is -2.98. The Labute approximate surface area is 144 Å². The van der Waals surface area contributed by atoms with Crippen molar-refractivity contribution >= 4 is 11.7 Å². The van der Waals surface area contributed by atoms with Gasteiger partial charge in [-0.15, -0.1) is 0 Å². The van der Waals surface area contributed by atoms with E-state index in [1.807, 2.05) is 18.2 Å². The number of carbonyl (C=O) groups is 1. The van der Waals surface area contributed by atoms with E-state index in [2.05, 4.69) is 15.4 Å². The molecule has 0 aliphatic rings. The molecule has 2 amide bonds. The summed E-state index contributed by atoms with van der Waals surface area (Å²) in [6.45, 7) is -1.09. The molecule has 2 aromatic rings. The Bertz CT molecular complexity index is 696. The van der Waals surface area contributed by atoms with Crippen molar-refractivity contribution in [1.29, 1.82) is 0 Å². The minimum absolute atomic E-state index is 0.102. The Hall–Kier alpha value is -2.67. The fraction of sp³-hybridized carbons (Fsp3) is 0.278. The number of alkyl halides is 2. The Morgan fingerprint density at radius 1 is 1.16 bits per heavy atom. The van der Waals surface area contributed by atoms with Crippen LogP contribution in [-0.2, 0) is 0 Å². The number of nitrogens with one attached hydrogen (secondary N) is 2. The zero-order chi connectivity index (χ0) is 18.2. The largest absolute Gasteiger partial charge is 0.433 e. The van der Waals surface area contributed by atoms with Crippen molar-refractivity contribution in [2.45, 2.75) is 26.1 Å². The molecule has 5 nitrogen and oxygen atoms in total. The van der Waals surface area contributed by atoms with Gasteiger partial charge < -0.3 is 20.5 Å². The van der Waals surface area contributed by atoms with E-state index in [0.29, 0.717) is 12.0 Å². The average molecular weight is 350 g/mol. The van der Waals surface area contributed by atoms with E-state index in [-0.39, 0.29) is 18.0 Å². The molecule has 0 saturated heterocycles. The molecule has 134 valence electrons. The predicted octanol–water partition coefficient (Wildman–Crippen LogP) is 3.84. The monoisotopic (exact) mass is 350 g/mol. The molecule has 1 atom stereocenters. The topological polar surface area (TPSA) is 70.6 Å². The summed E-state index contributed by atoms with van der Waals surface area (Å²) in [7, 11) is 0. The van der Waals surface area contributed by atoms with E-state index in [1.54, 1.807) is 31.2 Å². The first-order chi connectivity index (χ1) is 12.0. The van der Waals surface area contributed by atoms with Crippen LogP contribution in [0.2, 0.25) is 0 Å². The molecule has 0 heterocycles. The highest BCUT2D eigenvalue weighted by Crippen LogP contribution is 2.29.